The minimum absolute atomic E-state index is 0.0134. The highest BCUT2D eigenvalue weighted by atomic mass is 35.5. The Morgan fingerprint density at radius 2 is 1.92 bits per heavy atom. The van der Waals surface area contributed by atoms with Gasteiger partial charge >= 0.3 is 0 Å². The van der Waals surface area contributed by atoms with Crippen molar-refractivity contribution in [1.82, 2.24) is 4.90 Å². The van der Waals surface area contributed by atoms with E-state index in [1.807, 2.05) is 4.90 Å². The van der Waals surface area contributed by atoms with Crippen LogP contribution in [0.25, 0.3) is 0 Å². The van der Waals surface area contributed by atoms with Crippen molar-refractivity contribution < 1.29 is 9.59 Å². The Bertz CT molecular complexity index is 709. The predicted octanol–water partition coefficient (Wildman–Crippen LogP) is 3.73. The lowest BCUT2D eigenvalue weighted by Gasteiger charge is -2.19. The maximum absolute atomic E-state index is 12.6. The van der Waals surface area contributed by atoms with Crippen LogP contribution in [0, 0.1) is 17.8 Å². The number of hydrogen-bond acceptors (Lipinski definition) is 2. The molecular weight excluding hydrogens is 324 g/mol. The molecule has 2 aliphatic carbocycles. The third-order valence-corrected chi connectivity index (χ3v) is 5.81. The largest absolute Gasteiger partial charge is 0.339 e. The number of amides is 2. The van der Waals surface area contributed by atoms with E-state index in [-0.39, 0.29) is 17.7 Å². The molecule has 4 nitrogen and oxygen atoms in total. The van der Waals surface area contributed by atoms with Crippen LogP contribution in [0.15, 0.2) is 30.4 Å². The van der Waals surface area contributed by atoms with Gasteiger partial charge in [0, 0.05) is 24.6 Å². The van der Waals surface area contributed by atoms with Gasteiger partial charge < -0.3 is 10.2 Å². The summed E-state index contributed by atoms with van der Waals surface area (Å²) < 4.78 is 0. The maximum Gasteiger partial charge on any atom is 0.253 e. The van der Waals surface area contributed by atoms with Crippen molar-refractivity contribution in [2.24, 2.45) is 17.8 Å². The number of halogens is 1. The second kappa shape index (κ2) is 6.25. The minimum atomic E-state index is 0.0134. The van der Waals surface area contributed by atoms with E-state index >= 15 is 0 Å². The second-order valence-electron chi connectivity index (χ2n) is 7.07. The summed E-state index contributed by atoms with van der Waals surface area (Å²) in [7, 11) is 0. The molecule has 3 aliphatic rings. The molecule has 1 aromatic rings. The Hall–Kier alpha value is -1.81. The summed E-state index contributed by atoms with van der Waals surface area (Å²) in [5.74, 6) is 0.948. The Balaban J connectivity index is 1.50. The van der Waals surface area contributed by atoms with Crippen molar-refractivity contribution in [1.29, 1.82) is 0 Å². The van der Waals surface area contributed by atoms with E-state index in [1.165, 1.54) is 0 Å². The average Bonchev–Trinajstić information content (AvgIpc) is 3.33. The van der Waals surface area contributed by atoms with Gasteiger partial charge in [0.05, 0.1) is 10.7 Å². The fourth-order valence-corrected chi connectivity index (χ4v) is 4.33. The molecule has 0 aromatic heterocycles. The topological polar surface area (TPSA) is 49.4 Å². The molecule has 24 heavy (non-hydrogen) atoms. The fourth-order valence-electron chi connectivity index (χ4n) is 4.16. The predicted molar refractivity (Wildman–Crippen MR) is 94.1 cm³/mol. The van der Waals surface area contributed by atoms with E-state index in [2.05, 4.69) is 17.5 Å². The van der Waals surface area contributed by atoms with Crippen molar-refractivity contribution in [2.75, 3.05) is 18.4 Å². The van der Waals surface area contributed by atoms with Crippen LogP contribution in [0.3, 0.4) is 0 Å². The van der Waals surface area contributed by atoms with Gasteiger partial charge in [0.1, 0.15) is 0 Å². The normalized spacial score (nSPS) is 27.7. The summed E-state index contributed by atoms with van der Waals surface area (Å²) in [5.41, 5.74) is 1.13. The Kier molecular flexibility index (Phi) is 4.09. The first-order chi connectivity index (χ1) is 11.6. The van der Waals surface area contributed by atoms with Crippen molar-refractivity contribution in [3.8, 4) is 0 Å². The Morgan fingerprint density at radius 1 is 1.12 bits per heavy atom. The summed E-state index contributed by atoms with van der Waals surface area (Å²) in [6.45, 7) is 1.61. The monoisotopic (exact) mass is 344 g/mol. The molecule has 1 heterocycles. The van der Waals surface area contributed by atoms with Gasteiger partial charge in [-0.2, -0.15) is 0 Å². The number of likely N-dealkylation sites (tertiary alicyclic amines) is 1. The zero-order valence-electron chi connectivity index (χ0n) is 13.5. The van der Waals surface area contributed by atoms with E-state index in [0.717, 1.165) is 38.8 Å². The first-order valence-corrected chi connectivity index (χ1v) is 9.07. The van der Waals surface area contributed by atoms with Crippen molar-refractivity contribution in [3.05, 3.63) is 40.9 Å². The van der Waals surface area contributed by atoms with Gasteiger partial charge in [-0.1, -0.05) is 23.8 Å². The molecule has 1 saturated heterocycles. The number of nitrogens with zero attached hydrogens (tertiary/aromatic N) is 1. The molecule has 2 bridgehead atoms. The second-order valence-corrected chi connectivity index (χ2v) is 7.48. The molecule has 0 radical (unpaired) electrons. The number of anilines is 1. The van der Waals surface area contributed by atoms with Gasteiger partial charge in [-0.25, -0.2) is 0 Å². The van der Waals surface area contributed by atoms with E-state index in [9.17, 15) is 9.59 Å². The van der Waals surface area contributed by atoms with E-state index in [1.54, 1.807) is 18.2 Å². The summed E-state index contributed by atoms with van der Waals surface area (Å²) in [4.78, 5) is 27.0. The summed E-state index contributed by atoms with van der Waals surface area (Å²) >= 11 is 6.24. The molecule has 1 aliphatic heterocycles. The van der Waals surface area contributed by atoms with Crippen LogP contribution in [-0.4, -0.2) is 29.8 Å². The zero-order valence-corrected chi connectivity index (χ0v) is 14.3. The lowest BCUT2D eigenvalue weighted by atomic mass is 9.93. The van der Waals surface area contributed by atoms with Crippen molar-refractivity contribution >= 4 is 29.1 Å². The fraction of sp³-hybridized carbons (Fsp3) is 0.474. The molecule has 1 saturated carbocycles. The van der Waals surface area contributed by atoms with Gasteiger partial charge in [-0.15, -0.1) is 0 Å². The molecular formula is C19H21ClN2O2. The van der Waals surface area contributed by atoms with Crippen LogP contribution >= 0.6 is 11.6 Å². The van der Waals surface area contributed by atoms with Gasteiger partial charge in [-0.05, 0) is 55.7 Å². The number of carbonyl (C=O) groups is 2. The highest BCUT2D eigenvalue weighted by molar-refractivity contribution is 6.34. The number of fused-ring (bicyclic) bond motifs is 2. The van der Waals surface area contributed by atoms with E-state index in [4.69, 9.17) is 11.6 Å². The van der Waals surface area contributed by atoms with Crippen LogP contribution in [0.4, 0.5) is 5.69 Å². The third-order valence-electron chi connectivity index (χ3n) is 5.48. The Labute approximate surface area is 146 Å². The SMILES string of the molecule is O=C(Nc1cc(C(=O)N2CCCC2)ccc1Cl)[C@@H]1C[C@H]2C=C[C@@H]1C2. The van der Waals surface area contributed by atoms with Crippen LogP contribution in [0.5, 0.6) is 0 Å². The number of hydrogen-bond donors (Lipinski definition) is 1. The minimum Gasteiger partial charge on any atom is -0.339 e. The van der Waals surface area contributed by atoms with Crippen LogP contribution in [0.1, 0.15) is 36.0 Å². The van der Waals surface area contributed by atoms with Crippen LogP contribution < -0.4 is 5.32 Å². The highest BCUT2D eigenvalue weighted by Crippen LogP contribution is 2.44. The zero-order chi connectivity index (χ0) is 16.7. The van der Waals surface area contributed by atoms with Gasteiger partial charge in [0.15, 0.2) is 0 Å². The van der Waals surface area contributed by atoms with Crippen LogP contribution in [-0.2, 0) is 4.79 Å². The van der Waals surface area contributed by atoms with Gasteiger partial charge in [0.2, 0.25) is 5.91 Å². The lowest BCUT2D eigenvalue weighted by Crippen LogP contribution is -2.28. The molecule has 0 spiro atoms. The Morgan fingerprint density at radius 3 is 2.58 bits per heavy atom. The lowest BCUT2D eigenvalue weighted by molar-refractivity contribution is -0.120. The first kappa shape index (κ1) is 15.7. The highest BCUT2D eigenvalue weighted by Gasteiger charge is 2.39. The standard InChI is InChI=1S/C19H21ClN2O2/c20-16-6-5-14(19(24)22-7-1-2-8-22)11-17(16)21-18(23)15-10-12-3-4-13(15)9-12/h3-6,11-13,15H,1-2,7-10H2,(H,21,23)/t12-,13+,15+/m0/s1. The molecule has 2 amide bonds. The maximum atomic E-state index is 12.6. The molecule has 0 unspecified atom stereocenters. The molecule has 126 valence electrons. The number of benzene rings is 1. The third kappa shape index (κ3) is 2.84. The van der Waals surface area contributed by atoms with Crippen LogP contribution in [0.2, 0.25) is 5.02 Å². The molecule has 4 rings (SSSR count). The summed E-state index contributed by atoms with van der Waals surface area (Å²) in [6, 6.07) is 5.14. The number of carbonyl (C=O) groups excluding carboxylic acids is 2. The first-order valence-electron chi connectivity index (χ1n) is 8.70. The van der Waals surface area contributed by atoms with E-state index in [0.29, 0.717) is 28.1 Å². The van der Waals surface area contributed by atoms with Crippen molar-refractivity contribution in [3.63, 3.8) is 0 Å². The molecule has 1 N–H and O–H groups in total. The van der Waals surface area contributed by atoms with E-state index < -0.39 is 0 Å². The molecule has 3 atom stereocenters. The van der Waals surface area contributed by atoms with Gasteiger partial charge in [-0.3, -0.25) is 9.59 Å². The average molecular weight is 345 g/mol. The van der Waals surface area contributed by atoms with Gasteiger partial charge in [0.25, 0.3) is 5.91 Å². The molecule has 2 fully saturated rings. The number of nitrogens with one attached hydrogen (secondary N) is 1. The quantitative estimate of drug-likeness (QED) is 0.849. The molecule has 1 aromatic carbocycles. The summed E-state index contributed by atoms with van der Waals surface area (Å²) in [5, 5.41) is 3.42. The smallest absolute Gasteiger partial charge is 0.253 e. The molecule has 5 heteroatoms. The number of rotatable bonds is 3. The van der Waals surface area contributed by atoms with Crippen molar-refractivity contribution in [2.45, 2.75) is 25.7 Å². The number of allylic oxidation sites excluding steroid dienone is 2. The summed E-state index contributed by atoms with van der Waals surface area (Å²) in [6.07, 6.45) is 8.49.